The van der Waals surface area contributed by atoms with E-state index < -0.39 is 0 Å². The number of halogens is 2. The third kappa shape index (κ3) is 4.25. The molecule has 132 valence electrons. The molecule has 0 saturated carbocycles. The van der Waals surface area contributed by atoms with Crippen molar-refractivity contribution in [3.05, 3.63) is 76.4 Å². The van der Waals surface area contributed by atoms with Crippen LogP contribution in [0.5, 0.6) is 5.75 Å². The number of methoxy groups -OCH3 is 1. The van der Waals surface area contributed by atoms with Gasteiger partial charge < -0.3 is 15.4 Å². The van der Waals surface area contributed by atoms with Gasteiger partial charge in [-0.3, -0.25) is 4.79 Å². The molecule has 7 heteroatoms. The van der Waals surface area contributed by atoms with Crippen molar-refractivity contribution in [2.24, 2.45) is 0 Å². The van der Waals surface area contributed by atoms with Crippen molar-refractivity contribution in [1.29, 1.82) is 0 Å². The van der Waals surface area contributed by atoms with Crippen LogP contribution in [0, 0.1) is 0 Å². The van der Waals surface area contributed by atoms with Crippen molar-refractivity contribution in [3.63, 3.8) is 0 Å². The number of carbonyl (C=O) groups is 1. The topological polar surface area (TPSA) is 63.2 Å². The van der Waals surface area contributed by atoms with Crippen LogP contribution >= 0.6 is 23.2 Å². The van der Waals surface area contributed by atoms with E-state index in [-0.39, 0.29) is 5.91 Å². The number of nitrogens with zero attached hydrogens (tertiary/aromatic N) is 1. The van der Waals surface area contributed by atoms with Crippen molar-refractivity contribution in [2.75, 3.05) is 17.7 Å². The highest BCUT2D eigenvalue weighted by atomic mass is 35.5. The smallest absolute Gasteiger partial charge is 0.257 e. The Morgan fingerprint density at radius 3 is 2.62 bits per heavy atom. The fourth-order valence-electron chi connectivity index (χ4n) is 2.25. The maximum Gasteiger partial charge on any atom is 0.257 e. The molecule has 0 aliphatic carbocycles. The molecule has 3 aromatic rings. The standard InChI is InChI=1S/C19H15Cl2N3O2/c1-26-14-5-2-4-13(10-14)23-17-9-8-12(11-22-17)19(25)24-16-7-3-6-15(20)18(16)21/h2-11H,1H3,(H,22,23)(H,24,25). The molecule has 0 radical (unpaired) electrons. The van der Waals surface area contributed by atoms with Gasteiger partial charge in [0.05, 0.1) is 28.4 Å². The monoisotopic (exact) mass is 387 g/mol. The van der Waals surface area contributed by atoms with E-state index in [1.54, 1.807) is 37.4 Å². The number of carbonyl (C=O) groups excluding carboxylic acids is 1. The summed E-state index contributed by atoms with van der Waals surface area (Å²) in [6.45, 7) is 0. The summed E-state index contributed by atoms with van der Waals surface area (Å²) in [6, 6.07) is 15.9. The van der Waals surface area contributed by atoms with Gasteiger partial charge in [-0.1, -0.05) is 35.3 Å². The second-order valence-corrected chi connectivity index (χ2v) is 6.13. The molecule has 0 atom stereocenters. The quantitative estimate of drug-likeness (QED) is 0.615. The number of hydrogen-bond donors (Lipinski definition) is 2. The lowest BCUT2D eigenvalue weighted by Crippen LogP contribution is -2.12. The molecular weight excluding hydrogens is 373 g/mol. The molecule has 0 aliphatic rings. The Balaban J connectivity index is 1.70. The third-order valence-corrected chi connectivity index (χ3v) is 4.39. The molecule has 0 unspecified atom stereocenters. The molecule has 2 aromatic carbocycles. The summed E-state index contributed by atoms with van der Waals surface area (Å²) in [5, 5.41) is 6.54. The van der Waals surface area contributed by atoms with Crippen LogP contribution in [0.15, 0.2) is 60.8 Å². The first-order valence-electron chi connectivity index (χ1n) is 7.69. The lowest BCUT2D eigenvalue weighted by atomic mass is 10.2. The van der Waals surface area contributed by atoms with Gasteiger partial charge in [-0.2, -0.15) is 0 Å². The van der Waals surface area contributed by atoms with Crippen LogP contribution < -0.4 is 15.4 Å². The van der Waals surface area contributed by atoms with Gasteiger partial charge in [0.25, 0.3) is 5.91 Å². The summed E-state index contributed by atoms with van der Waals surface area (Å²) >= 11 is 12.0. The Labute approximate surface area is 160 Å². The highest BCUT2D eigenvalue weighted by Gasteiger charge is 2.11. The number of amides is 1. The van der Waals surface area contributed by atoms with Crippen LogP contribution in [0.3, 0.4) is 0 Å². The number of rotatable bonds is 5. The summed E-state index contributed by atoms with van der Waals surface area (Å²) in [4.78, 5) is 16.6. The van der Waals surface area contributed by atoms with E-state index >= 15 is 0 Å². The van der Waals surface area contributed by atoms with E-state index in [1.165, 1.54) is 6.20 Å². The number of aromatic nitrogens is 1. The van der Waals surface area contributed by atoms with E-state index in [2.05, 4.69) is 15.6 Å². The Morgan fingerprint density at radius 1 is 1.08 bits per heavy atom. The lowest BCUT2D eigenvalue weighted by Gasteiger charge is -2.09. The Bertz CT molecular complexity index is 930. The van der Waals surface area contributed by atoms with E-state index in [0.29, 0.717) is 27.1 Å². The molecule has 1 amide bonds. The molecule has 0 spiro atoms. The van der Waals surface area contributed by atoms with Crippen molar-refractivity contribution < 1.29 is 9.53 Å². The van der Waals surface area contributed by atoms with E-state index in [9.17, 15) is 4.79 Å². The largest absolute Gasteiger partial charge is 0.497 e. The predicted octanol–water partition coefficient (Wildman–Crippen LogP) is 5.39. The number of nitrogens with one attached hydrogen (secondary N) is 2. The molecule has 1 heterocycles. The molecule has 2 N–H and O–H groups in total. The maximum atomic E-state index is 12.3. The number of pyridine rings is 1. The molecule has 5 nitrogen and oxygen atoms in total. The van der Waals surface area contributed by atoms with Crippen LogP contribution in [0.2, 0.25) is 10.0 Å². The molecule has 0 aliphatic heterocycles. The summed E-state index contributed by atoms with van der Waals surface area (Å²) in [5.74, 6) is 1.02. The lowest BCUT2D eigenvalue weighted by molar-refractivity contribution is 0.102. The molecule has 26 heavy (non-hydrogen) atoms. The Hall–Kier alpha value is -2.76. The first-order chi connectivity index (χ1) is 12.6. The van der Waals surface area contributed by atoms with E-state index in [1.807, 2.05) is 24.3 Å². The summed E-state index contributed by atoms with van der Waals surface area (Å²) in [6.07, 6.45) is 1.48. The molecular formula is C19H15Cl2N3O2. The molecule has 3 rings (SSSR count). The van der Waals surface area contributed by atoms with Gasteiger partial charge in [0.1, 0.15) is 11.6 Å². The zero-order valence-corrected chi connectivity index (χ0v) is 15.3. The number of anilines is 3. The second-order valence-electron chi connectivity index (χ2n) is 5.34. The summed E-state index contributed by atoms with van der Waals surface area (Å²) < 4.78 is 5.18. The second kappa shape index (κ2) is 8.08. The fraction of sp³-hybridized carbons (Fsp3) is 0.0526. The Morgan fingerprint density at radius 2 is 1.88 bits per heavy atom. The van der Waals surface area contributed by atoms with Crippen molar-refractivity contribution in [2.45, 2.75) is 0 Å². The molecule has 0 saturated heterocycles. The maximum absolute atomic E-state index is 12.3. The highest BCUT2D eigenvalue weighted by molar-refractivity contribution is 6.44. The Kier molecular flexibility index (Phi) is 5.61. The molecule has 0 bridgehead atoms. The number of benzene rings is 2. The minimum absolute atomic E-state index is 0.298. The van der Waals surface area contributed by atoms with E-state index in [4.69, 9.17) is 27.9 Å². The third-order valence-electron chi connectivity index (χ3n) is 3.57. The first kappa shape index (κ1) is 18.0. The zero-order valence-electron chi connectivity index (χ0n) is 13.8. The summed E-state index contributed by atoms with van der Waals surface area (Å²) in [7, 11) is 1.61. The average molecular weight is 388 g/mol. The zero-order chi connectivity index (χ0) is 18.5. The van der Waals surface area contributed by atoms with Gasteiger partial charge >= 0.3 is 0 Å². The van der Waals surface area contributed by atoms with Crippen molar-refractivity contribution >= 4 is 46.3 Å². The highest BCUT2D eigenvalue weighted by Crippen LogP contribution is 2.29. The van der Waals surface area contributed by atoms with Gasteiger partial charge in [0, 0.05) is 18.0 Å². The first-order valence-corrected chi connectivity index (χ1v) is 8.45. The van der Waals surface area contributed by atoms with Crippen molar-refractivity contribution in [1.82, 2.24) is 4.98 Å². The minimum Gasteiger partial charge on any atom is -0.497 e. The van der Waals surface area contributed by atoms with Crippen LogP contribution in [0.4, 0.5) is 17.2 Å². The average Bonchev–Trinajstić information content (AvgIpc) is 2.66. The van der Waals surface area contributed by atoms with Gasteiger partial charge in [0.15, 0.2) is 0 Å². The van der Waals surface area contributed by atoms with Crippen LogP contribution in [-0.2, 0) is 0 Å². The fourth-order valence-corrected chi connectivity index (χ4v) is 2.59. The number of ether oxygens (including phenoxy) is 1. The van der Waals surface area contributed by atoms with Gasteiger partial charge in [-0.05, 0) is 36.4 Å². The van der Waals surface area contributed by atoms with Crippen LogP contribution in [-0.4, -0.2) is 18.0 Å². The normalized spacial score (nSPS) is 10.3. The van der Waals surface area contributed by atoms with Gasteiger partial charge in [-0.25, -0.2) is 4.98 Å². The SMILES string of the molecule is COc1cccc(Nc2ccc(C(=O)Nc3cccc(Cl)c3Cl)cn2)c1. The van der Waals surface area contributed by atoms with Crippen LogP contribution in [0.1, 0.15) is 10.4 Å². The van der Waals surface area contributed by atoms with E-state index in [0.717, 1.165) is 11.4 Å². The molecule has 1 aromatic heterocycles. The van der Waals surface area contributed by atoms with Gasteiger partial charge in [-0.15, -0.1) is 0 Å². The van der Waals surface area contributed by atoms with Gasteiger partial charge in [0.2, 0.25) is 0 Å². The predicted molar refractivity (Wildman–Crippen MR) is 105 cm³/mol. The molecule has 0 fully saturated rings. The van der Waals surface area contributed by atoms with Crippen LogP contribution in [0.25, 0.3) is 0 Å². The number of hydrogen-bond acceptors (Lipinski definition) is 4. The summed E-state index contributed by atoms with van der Waals surface area (Å²) in [5.41, 5.74) is 1.68. The minimum atomic E-state index is -0.324. The van der Waals surface area contributed by atoms with Crippen molar-refractivity contribution in [3.8, 4) is 5.75 Å².